The number of carbonyl (C=O) groups excluding carboxylic acids is 2. The molecule has 0 aliphatic carbocycles. The second kappa shape index (κ2) is 8.97. The van der Waals surface area contributed by atoms with Crippen molar-refractivity contribution in [1.29, 1.82) is 0 Å². The molecule has 0 bridgehead atoms. The van der Waals surface area contributed by atoms with E-state index in [0.29, 0.717) is 18.5 Å². The maximum atomic E-state index is 12.3. The van der Waals surface area contributed by atoms with Crippen molar-refractivity contribution in [3.63, 3.8) is 0 Å². The Labute approximate surface area is 124 Å². The summed E-state index contributed by atoms with van der Waals surface area (Å²) in [7, 11) is 0. The lowest BCUT2D eigenvalue weighted by Crippen LogP contribution is -2.43. The van der Waals surface area contributed by atoms with Gasteiger partial charge in [-0.05, 0) is 17.9 Å². The van der Waals surface area contributed by atoms with Crippen LogP contribution in [0, 0.1) is 5.92 Å². The third kappa shape index (κ3) is 5.83. The van der Waals surface area contributed by atoms with E-state index in [1.54, 1.807) is 24.3 Å². The molecule has 3 amide bonds. The minimum atomic E-state index is -0.810. The zero-order valence-corrected chi connectivity index (χ0v) is 12.2. The number of nitrogens with one attached hydrogen (secondary N) is 2. The summed E-state index contributed by atoms with van der Waals surface area (Å²) in [6.45, 7) is 2.55. The summed E-state index contributed by atoms with van der Waals surface area (Å²) < 4.78 is 0. The highest BCUT2D eigenvalue weighted by molar-refractivity contribution is 5.87. The maximum absolute atomic E-state index is 12.3. The van der Waals surface area contributed by atoms with Gasteiger partial charge in [-0.15, -0.1) is 0 Å². The predicted molar refractivity (Wildman–Crippen MR) is 80.4 cm³/mol. The van der Waals surface area contributed by atoms with Crippen LogP contribution >= 0.6 is 0 Å². The lowest BCUT2D eigenvalue weighted by atomic mass is 10.0. The Morgan fingerprint density at radius 3 is 2.48 bits per heavy atom. The molecule has 6 heteroatoms. The van der Waals surface area contributed by atoms with Crippen LogP contribution in [0.4, 0.5) is 4.79 Å². The average molecular weight is 293 g/mol. The van der Waals surface area contributed by atoms with E-state index in [0.717, 1.165) is 6.42 Å². The van der Waals surface area contributed by atoms with Crippen molar-refractivity contribution in [3.05, 3.63) is 35.9 Å². The molecule has 6 nitrogen and oxygen atoms in total. The predicted octanol–water partition coefficient (Wildman–Crippen LogP) is 0.921. The van der Waals surface area contributed by atoms with Crippen molar-refractivity contribution >= 4 is 11.9 Å². The Balaban J connectivity index is 2.70. The van der Waals surface area contributed by atoms with Crippen molar-refractivity contribution in [2.45, 2.75) is 25.8 Å². The van der Waals surface area contributed by atoms with Crippen LogP contribution < -0.4 is 16.4 Å². The molecular formula is C15H23N3O3. The molecule has 0 saturated heterocycles. The van der Waals surface area contributed by atoms with Crippen LogP contribution in [0.25, 0.3) is 0 Å². The number of hydrogen-bond acceptors (Lipinski definition) is 3. The number of rotatable bonds is 8. The summed E-state index contributed by atoms with van der Waals surface area (Å²) in [6.07, 6.45) is 1.50. The summed E-state index contributed by atoms with van der Waals surface area (Å²) in [6, 6.07) is 7.36. The molecule has 0 spiro atoms. The van der Waals surface area contributed by atoms with Gasteiger partial charge in [-0.3, -0.25) is 4.79 Å². The number of benzene rings is 1. The minimum absolute atomic E-state index is 0.0933. The number of primary amides is 1. The van der Waals surface area contributed by atoms with Crippen LogP contribution in [0.1, 0.15) is 31.4 Å². The van der Waals surface area contributed by atoms with Crippen LogP contribution in [0.3, 0.4) is 0 Å². The van der Waals surface area contributed by atoms with E-state index in [1.807, 2.05) is 13.0 Å². The number of aliphatic hydroxyl groups excluding tert-OH is 1. The van der Waals surface area contributed by atoms with Crippen LogP contribution in [-0.4, -0.2) is 30.2 Å². The molecule has 0 aliphatic heterocycles. The second-order valence-corrected chi connectivity index (χ2v) is 4.88. The Hall–Kier alpha value is -2.08. The zero-order chi connectivity index (χ0) is 15.7. The van der Waals surface area contributed by atoms with Gasteiger partial charge in [0.15, 0.2) is 0 Å². The molecule has 2 atom stereocenters. The first kappa shape index (κ1) is 17.0. The summed E-state index contributed by atoms with van der Waals surface area (Å²) in [5, 5.41) is 14.2. The largest absolute Gasteiger partial charge is 0.396 e. The fraction of sp³-hybridized carbons (Fsp3) is 0.467. The van der Waals surface area contributed by atoms with Crippen LogP contribution in [-0.2, 0) is 4.79 Å². The fourth-order valence-electron chi connectivity index (χ4n) is 2.07. The van der Waals surface area contributed by atoms with Crippen molar-refractivity contribution in [2.75, 3.05) is 13.2 Å². The van der Waals surface area contributed by atoms with Gasteiger partial charge >= 0.3 is 6.03 Å². The van der Waals surface area contributed by atoms with Gasteiger partial charge < -0.3 is 21.5 Å². The standard InChI is InChI=1S/C15H23N3O3/c1-2-11(8-9-19)10-17-14(20)13(18-15(16)21)12-6-4-3-5-7-12/h3-7,11,13,19H,2,8-10H2,1H3,(H,17,20)(H3,16,18,21). The molecule has 1 aromatic carbocycles. The Bertz CT molecular complexity index is 451. The van der Waals surface area contributed by atoms with Gasteiger partial charge in [0.05, 0.1) is 0 Å². The summed E-state index contributed by atoms with van der Waals surface area (Å²) >= 11 is 0. The number of amides is 3. The van der Waals surface area contributed by atoms with Gasteiger partial charge in [0, 0.05) is 13.2 Å². The van der Waals surface area contributed by atoms with Gasteiger partial charge in [-0.25, -0.2) is 4.79 Å². The Morgan fingerprint density at radius 1 is 1.29 bits per heavy atom. The quantitative estimate of drug-likeness (QED) is 0.573. The maximum Gasteiger partial charge on any atom is 0.313 e. The molecular weight excluding hydrogens is 270 g/mol. The smallest absolute Gasteiger partial charge is 0.313 e. The van der Waals surface area contributed by atoms with Gasteiger partial charge in [-0.2, -0.15) is 0 Å². The molecule has 1 aromatic rings. The molecule has 0 aromatic heterocycles. The fourth-order valence-corrected chi connectivity index (χ4v) is 2.07. The highest BCUT2D eigenvalue weighted by atomic mass is 16.3. The summed E-state index contributed by atoms with van der Waals surface area (Å²) in [5.74, 6) is -0.0969. The van der Waals surface area contributed by atoms with Crippen molar-refractivity contribution in [2.24, 2.45) is 11.7 Å². The lowest BCUT2D eigenvalue weighted by molar-refractivity contribution is -0.123. The number of carbonyl (C=O) groups is 2. The molecule has 21 heavy (non-hydrogen) atoms. The Kier molecular flexibility index (Phi) is 7.25. The van der Waals surface area contributed by atoms with E-state index in [4.69, 9.17) is 10.8 Å². The Morgan fingerprint density at radius 2 is 1.95 bits per heavy atom. The second-order valence-electron chi connectivity index (χ2n) is 4.88. The van der Waals surface area contributed by atoms with E-state index >= 15 is 0 Å². The summed E-state index contributed by atoms with van der Waals surface area (Å²) in [4.78, 5) is 23.3. The van der Waals surface area contributed by atoms with Crippen LogP contribution in [0.5, 0.6) is 0 Å². The SMILES string of the molecule is CCC(CCO)CNC(=O)C(NC(N)=O)c1ccccc1. The molecule has 116 valence electrons. The molecule has 0 radical (unpaired) electrons. The summed E-state index contributed by atoms with van der Waals surface area (Å²) in [5.41, 5.74) is 5.81. The topological polar surface area (TPSA) is 104 Å². The molecule has 2 unspecified atom stereocenters. The van der Waals surface area contributed by atoms with E-state index in [2.05, 4.69) is 10.6 Å². The molecule has 1 rings (SSSR count). The van der Waals surface area contributed by atoms with Gasteiger partial charge in [-0.1, -0.05) is 43.7 Å². The molecule has 5 N–H and O–H groups in total. The number of nitrogens with two attached hydrogens (primary N) is 1. The van der Waals surface area contributed by atoms with Crippen molar-refractivity contribution in [1.82, 2.24) is 10.6 Å². The number of aliphatic hydroxyl groups is 1. The lowest BCUT2D eigenvalue weighted by Gasteiger charge is -2.20. The number of urea groups is 1. The van der Waals surface area contributed by atoms with E-state index in [-0.39, 0.29) is 18.4 Å². The van der Waals surface area contributed by atoms with Crippen molar-refractivity contribution in [3.8, 4) is 0 Å². The highest BCUT2D eigenvalue weighted by Gasteiger charge is 2.22. The van der Waals surface area contributed by atoms with Gasteiger partial charge in [0.2, 0.25) is 5.91 Å². The first-order chi connectivity index (χ1) is 10.1. The van der Waals surface area contributed by atoms with Gasteiger partial charge in [0.25, 0.3) is 0 Å². The van der Waals surface area contributed by atoms with E-state index in [1.165, 1.54) is 0 Å². The van der Waals surface area contributed by atoms with E-state index < -0.39 is 12.1 Å². The normalized spacial score (nSPS) is 13.2. The van der Waals surface area contributed by atoms with Crippen molar-refractivity contribution < 1.29 is 14.7 Å². The first-order valence-electron chi connectivity index (χ1n) is 7.08. The zero-order valence-electron chi connectivity index (χ0n) is 12.2. The highest BCUT2D eigenvalue weighted by Crippen LogP contribution is 2.13. The van der Waals surface area contributed by atoms with Gasteiger partial charge in [0.1, 0.15) is 6.04 Å². The average Bonchev–Trinajstić information content (AvgIpc) is 2.49. The molecule has 0 aliphatic rings. The third-order valence-corrected chi connectivity index (χ3v) is 3.36. The van der Waals surface area contributed by atoms with Crippen LogP contribution in [0.2, 0.25) is 0 Å². The molecule has 0 heterocycles. The molecule has 0 saturated carbocycles. The van der Waals surface area contributed by atoms with E-state index in [9.17, 15) is 9.59 Å². The monoisotopic (exact) mass is 293 g/mol. The number of hydrogen-bond donors (Lipinski definition) is 4. The first-order valence-corrected chi connectivity index (χ1v) is 7.08. The third-order valence-electron chi connectivity index (χ3n) is 3.36. The molecule has 0 fully saturated rings. The minimum Gasteiger partial charge on any atom is -0.396 e. The van der Waals surface area contributed by atoms with Crippen LogP contribution in [0.15, 0.2) is 30.3 Å².